The number of anilines is 1. The van der Waals surface area contributed by atoms with Crippen molar-refractivity contribution in [2.24, 2.45) is 5.92 Å². The Labute approximate surface area is 180 Å². The molecule has 0 radical (unpaired) electrons. The van der Waals surface area contributed by atoms with Gasteiger partial charge in [-0.15, -0.1) is 0 Å². The molecule has 0 unspecified atom stereocenters. The quantitative estimate of drug-likeness (QED) is 0.516. The van der Waals surface area contributed by atoms with Crippen molar-refractivity contribution in [2.45, 2.75) is 20.3 Å². The number of nitrogens with one attached hydrogen (secondary N) is 1. The van der Waals surface area contributed by atoms with Gasteiger partial charge < -0.3 is 14.8 Å². The summed E-state index contributed by atoms with van der Waals surface area (Å²) in [7, 11) is 1.40. The fraction of sp³-hybridized carbons (Fsp3) is 0.304. The van der Waals surface area contributed by atoms with E-state index >= 15 is 0 Å². The summed E-state index contributed by atoms with van der Waals surface area (Å²) in [5, 5.41) is 2.55. The van der Waals surface area contributed by atoms with Gasteiger partial charge in [-0.3, -0.25) is 19.3 Å². The largest absolute Gasteiger partial charge is 0.494 e. The van der Waals surface area contributed by atoms with Crippen molar-refractivity contribution < 1.29 is 28.7 Å². The molecule has 1 heterocycles. The summed E-state index contributed by atoms with van der Waals surface area (Å²) in [5.74, 6) is -0.818. The fourth-order valence-corrected chi connectivity index (χ4v) is 2.95. The maximum atomic E-state index is 12.2. The van der Waals surface area contributed by atoms with Crippen LogP contribution in [0.15, 0.2) is 42.5 Å². The molecule has 2 aromatic carbocycles. The van der Waals surface area contributed by atoms with E-state index in [1.54, 1.807) is 24.3 Å². The van der Waals surface area contributed by atoms with E-state index in [4.69, 9.17) is 9.47 Å². The van der Waals surface area contributed by atoms with E-state index in [1.807, 2.05) is 0 Å². The van der Waals surface area contributed by atoms with Crippen molar-refractivity contribution >= 4 is 29.4 Å². The van der Waals surface area contributed by atoms with E-state index in [1.165, 1.54) is 25.2 Å². The van der Waals surface area contributed by atoms with Gasteiger partial charge in [-0.1, -0.05) is 13.8 Å². The predicted molar refractivity (Wildman–Crippen MR) is 113 cm³/mol. The SMILES string of the molecule is CC(C)CCOc1ccc(C(=O)OCC(=O)Nc2ccc3c(c2)C(=O)N(C)C3=O)cc1. The predicted octanol–water partition coefficient (Wildman–Crippen LogP) is 3.13. The van der Waals surface area contributed by atoms with Crippen molar-refractivity contribution in [1.29, 1.82) is 0 Å². The summed E-state index contributed by atoms with van der Waals surface area (Å²) in [6.07, 6.45) is 0.935. The minimum absolute atomic E-state index is 0.220. The molecule has 2 aromatic rings. The van der Waals surface area contributed by atoms with Crippen LogP contribution in [0, 0.1) is 5.92 Å². The first-order chi connectivity index (χ1) is 14.8. The van der Waals surface area contributed by atoms with Gasteiger partial charge in [-0.2, -0.15) is 0 Å². The Morgan fingerprint density at radius 3 is 2.35 bits per heavy atom. The van der Waals surface area contributed by atoms with Gasteiger partial charge in [0, 0.05) is 12.7 Å². The average molecular weight is 424 g/mol. The monoisotopic (exact) mass is 424 g/mol. The van der Waals surface area contributed by atoms with Crippen LogP contribution in [0.3, 0.4) is 0 Å². The molecule has 3 rings (SSSR count). The van der Waals surface area contributed by atoms with Gasteiger partial charge >= 0.3 is 5.97 Å². The van der Waals surface area contributed by atoms with Gasteiger partial charge in [0.1, 0.15) is 5.75 Å². The van der Waals surface area contributed by atoms with E-state index in [2.05, 4.69) is 19.2 Å². The van der Waals surface area contributed by atoms with Crippen LogP contribution >= 0.6 is 0 Å². The maximum absolute atomic E-state index is 12.2. The van der Waals surface area contributed by atoms with Crippen molar-refractivity contribution in [1.82, 2.24) is 4.90 Å². The molecule has 0 aliphatic carbocycles. The Morgan fingerprint density at radius 1 is 1.00 bits per heavy atom. The lowest BCUT2D eigenvalue weighted by atomic mass is 10.1. The molecule has 1 aliphatic heterocycles. The van der Waals surface area contributed by atoms with E-state index in [0.29, 0.717) is 29.5 Å². The number of esters is 1. The summed E-state index contributed by atoms with van der Waals surface area (Å²) in [6, 6.07) is 10.9. The highest BCUT2D eigenvalue weighted by Crippen LogP contribution is 2.24. The lowest BCUT2D eigenvalue weighted by Crippen LogP contribution is -2.24. The zero-order valence-corrected chi connectivity index (χ0v) is 17.6. The van der Waals surface area contributed by atoms with Crippen LogP contribution in [0.4, 0.5) is 5.69 Å². The highest BCUT2D eigenvalue weighted by molar-refractivity contribution is 6.21. The van der Waals surface area contributed by atoms with E-state index < -0.39 is 24.4 Å². The second-order valence-corrected chi connectivity index (χ2v) is 7.61. The molecule has 162 valence electrons. The van der Waals surface area contributed by atoms with E-state index in [9.17, 15) is 19.2 Å². The van der Waals surface area contributed by atoms with Crippen molar-refractivity contribution in [3.05, 3.63) is 59.2 Å². The van der Waals surface area contributed by atoms with E-state index in [0.717, 1.165) is 11.3 Å². The number of fused-ring (bicyclic) bond motifs is 1. The second-order valence-electron chi connectivity index (χ2n) is 7.61. The molecule has 31 heavy (non-hydrogen) atoms. The van der Waals surface area contributed by atoms with Crippen LogP contribution in [0.5, 0.6) is 5.75 Å². The number of hydrogen-bond donors (Lipinski definition) is 1. The van der Waals surface area contributed by atoms with Gasteiger partial charge in [0.2, 0.25) is 0 Å². The van der Waals surface area contributed by atoms with Crippen molar-refractivity contribution in [3.63, 3.8) is 0 Å². The number of ether oxygens (including phenoxy) is 2. The van der Waals surface area contributed by atoms with Crippen molar-refractivity contribution in [3.8, 4) is 5.75 Å². The third-order valence-electron chi connectivity index (χ3n) is 4.76. The summed E-state index contributed by atoms with van der Waals surface area (Å²) in [4.78, 5) is 49.2. The highest BCUT2D eigenvalue weighted by atomic mass is 16.5. The number of rotatable bonds is 8. The zero-order chi connectivity index (χ0) is 22.5. The van der Waals surface area contributed by atoms with Gasteiger partial charge in [0.15, 0.2) is 6.61 Å². The van der Waals surface area contributed by atoms with Gasteiger partial charge in [0.25, 0.3) is 17.7 Å². The second kappa shape index (κ2) is 9.42. The summed E-state index contributed by atoms with van der Waals surface area (Å²) in [6.45, 7) is 4.33. The van der Waals surface area contributed by atoms with Crippen LogP contribution in [0.25, 0.3) is 0 Å². The molecule has 8 nitrogen and oxygen atoms in total. The zero-order valence-electron chi connectivity index (χ0n) is 17.6. The lowest BCUT2D eigenvalue weighted by Gasteiger charge is -2.09. The Bertz CT molecular complexity index is 1010. The average Bonchev–Trinajstić information content (AvgIpc) is 2.96. The third kappa shape index (κ3) is 5.28. The number of imide groups is 1. The van der Waals surface area contributed by atoms with Crippen LogP contribution in [-0.4, -0.2) is 48.9 Å². The maximum Gasteiger partial charge on any atom is 0.338 e. The molecule has 8 heteroatoms. The molecule has 0 saturated heterocycles. The molecule has 0 atom stereocenters. The first-order valence-electron chi connectivity index (χ1n) is 9.92. The fourth-order valence-electron chi connectivity index (χ4n) is 2.95. The molecule has 0 spiro atoms. The Balaban J connectivity index is 1.50. The molecular formula is C23H24N2O6. The smallest absolute Gasteiger partial charge is 0.338 e. The number of carbonyl (C=O) groups is 4. The molecule has 0 saturated carbocycles. The minimum atomic E-state index is -0.639. The number of carbonyl (C=O) groups excluding carboxylic acids is 4. The van der Waals surface area contributed by atoms with Crippen LogP contribution < -0.4 is 10.1 Å². The molecule has 0 aromatic heterocycles. The van der Waals surface area contributed by atoms with E-state index in [-0.39, 0.29) is 17.0 Å². The molecule has 0 fully saturated rings. The molecule has 3 amide bonds. The molecule has 1 aliphatic rings. The molecular weight excluding hydrogens is 400 g/mol. The lowest BCUT2D eigenvalue weighted by molar-refractivity contribution is -0.119. The highest BCUT2D eigenvalue weighted by Gasteiger charge is 2.32. The van der Waals surface area contributed by atoms with Crippen LogP contribution in [-0.2, 0) is 9.53 Å². The first kappa shape index (κ1) is 22.0. The normalized spacial score (nSPS) is 12.7. The van der Waals surface area contributed by atoms with Gasteiger partial charge in [-0.25, -0.2) is 4.79 Å². The summed E-state index contributed by atoms with van der Waals surface area (Å²) >= 11 is 0. The number of benzene rings is 2. The molecule has 1 N–H and O–H groups in total. The Hall–Kier alpha value is -3.68. The van der Waals surface area contributed by atoms with Gasteiger partial charge in [-0.05, 0) is 54.8 Å². The minimum Gasteiger partial charge on any atom is -0.494 e. The standard InChI is InChI=1S/C23H24N2O6/c1-14(2)10-11-30-17-7-4-15(5-8-17)23(29)31-13-20(26)24-16-6-9-18-19(12-16)22(28)25(3)21(18)27/h4-9,12,14H,10-11,13H2,1-3H3,(H,24,26). The summed E-state index contributed by atoms with van der Waals surface area (Å²) < 4.78 is 10.6. The number of hydrogen-bond acceptors (Lipinski definition) is 6. The molecule has 0 bridgehead atoms. The Kier molecular flexibility index (Phi) is 6.69. The topological polar surface area (TPSA) is 102 Å². The van der Waals surface area contributed by atoms with Crippen LogP contribution in [0.1, 0.15) is 51.3 Å². The number of amides is 3. The van der Waals surface area contributed by atoms with Crippen molar-refractivity contribution in [2.75, 3.05) is 25.6 Å². The third-order valence-corrected chi connectivity index (χ3v) is 4.76. The first-order valence-corrected chi connectivity index (χ1v) is 9.92. The summed E-state index contributed by atoms with van der Waals surface area (Å²) in [5.41, 5.74) is 1.14. The van der Waals surface area contributed by atoms with Crippen LogP contribution in [0.2, 0.25) is 0 Å². The Morgan fingerprint density at radius 2 is 1.68 bits per heavy atom. The van der Waals surface area contributed by atoms with Gasteiger partial charge in [0.05, 0.1) is 23.3 Å². The number of nitrogens with zero attached hydrogens (tertiary/aromatic N) is 1.